The molecule has 7 rings (SSSR count). The van der Waals surface area contributed by atoms with E-state index in [2.05, 4.69) is 140 Å². The molecule has 0 radical (unpaired) electrons. The molecule has 0 N–H and O–H groups in total. The highest BCUT2D eigenvalue weighted by Gasteiger charge is 2.20. The molecule has 0 atom stereocenters. The van der Waals surface area contributed by atoms with Gasteiger partial charge < -0.3 is 4.57 Å². The molecule has 0 aliphatic rings. The number of hydrogen-bond donors (Lipinski definition) is 0. The molecular formula is C35H29N3. The van der Waals surface area contributed by atoms with Gasteiger partial charge in [-0.15, -0.1) is 0 Å². The molecule has 38 heavy (non-hydrogen) atoms. The topological polar surface area (TPSA) is 22.2 Å². The fraction of sp³-hybridized carbons (Fsp3) is 0.114. The zero-order valence-electron chi connectivity index (χ0n) is 22.2. The largest absolute Gasteiger partial charge is 0.307 e. The Labute approximate surface area is 222 Å². The Bertz CT molecular complexity index is 1930. The van der Waals surface area contributed by atoms with Gasteiger partial charge >= 0.3 is 0 Å². The van der Waals surface area contributed by atoms with Crippen molar-refractivity contribution >= 4 is 27.5 Å². The van der Waals surface area contributed by atoms with Gasteiger partial charge in [0.05, 0.1) is 28.1 Å². The summed E-state index contributed by atoms with van der Waals surface area (Å²) in [6.07, 6.45) is 2.26. The van der Waals surface area contributed by atoms with Crippen LogP contribution in [0.1, 0.15) is 22.3 Å². The maximum Gasteiger partial charge on any atom is 0.138 e. The molecule has 184 valence electrons. The molecule has 3 heterocycles. The van der Waals surface area contributed by atoms with Crippen LogP contribution in [0.4, 0.5) is 0 Å². The highest BCUT2D eigenvalue weighted by molar-refractivity contribution is 6.11. The Morgan fingerprint density at radius 2 is 1.13 bits per heavy atom. The minimum Gasteiger partial charge on any atom is -0.307 e. The van der Waals surface area contributed by atoms with E-state index in [1.165, 1.54) is 44.1 Å². The summed E-state index contributed by atoms with van der Waals surface area (Å²) in [5, 5.41) is 2.62. The summed E-state index contributed by atoms with van der Waals surface area (Å²) in [4.78, 5) is 5.12. The fourth-order valence-corrected chi connectivity index (χ4v) is 6.13. The average Bonchev–Trinajstić information content (AvgIpc) is 3.46. The monoisotopic (exact) mass is 491 g/mol. The van der Waals surface area contributed by atoms with Crippen LogP contribution in [0, 0.1) is 27.7 Å². The normalized spacial score (nSPS) is 11.7. The van der Waals surface area contributed by atoms with E-state index in [-0.39, 0.29) is 0 Å². The van der Waals surface area contributed by atoms with Crippen LogP contribution in [0.5, 0.6) is 0 Å². The van der Waals surface area contributed by atoms with Gasteiger partial charge in [0, 0.05) is 28.1 Å². The van der Waals surface area contributed by atoms with Crippen molar-refractivity contribution in [3.05, 3.63) is 126 Å². The molecule has 3 heteroatoms. The number of nitrogens with zero attached hydrogens (tertiary/aromatic N) is 3. The molecule has 0 amide bonds. The van der Waals surface area contributed by atoms with Crippen molar-refractivity contribution in [2.75, 3.05) is 0 Å². The molecular weight excluding hydrogens is 462 g/mol. The third-order valence-electron chi connectivity index (χ3n) is 7.58. The van der Waals surface area contributed by atoms with Gasteiger partial charge in [-0.3, -0.25) is 4.40 Å². The lowest BCUT2D eigenvalue weighted by Gasteiger charge is -2.13. The second-order valence-electron chi connectivity index (χ2n) is 10.4. The number of rotatable bonds is 3. The molecule has 3 nitrogen and oxygen atoms in total. The molecule has 0 unspecified atom stereocenters. The van der Waals surface area contributed by atoms with Gasteiger partial charge in [-0.2, -0.15) is 0 Å². The van der Waals surface area contributed by atoms with Crippen molar-refractivity contribution in [2.24, 2.45) is 0 Å². The Kier molecular flexibility index (Phi) is 5.02. The van der Waals surface area contributed by atoms with E-state index in [1.807, 2.05) is 0 Å². The second-order valence-corrected chi connectivity index (χ2v) is 10.4. The molecule has 4 aromatic carbocycles. The molecule has 0 saturated carbocycles. The summed E-state index contributed by atoms with van der Waals surface area (Å²) in [7, 11) is 0. The molecule has 0 saturated heterocycles. The quantitative estimate of drug-likeness (QED) is 0.242. The number of benzene rings is 4. The smallest absolute Gasteiger partial charge is 0.138 e. The predicted molar refractivity (Wildman–Crippen MR) is 159 cm³/mol. The summed E-state index contributed by atoms with van der Waals surface area (Å²) in [6.45, 7) is 8.83. The number of imidazole rings is 1. The minimum atomic E-state index is 0.937. The first kappa shape index (κ1) is 22.6. The summed E-state index contributed by atoms with van der Waals surface area (Å²) in [5.41, 5.74) is 14.1. The van der Waals surface area contributed by atoms with Crippen molar-refractivity contribution in [1.82, 2.24) is 14.0 Å². The number of pyridine rings is 1. The molecule has 0 aliphatic heterocycles. The lowest BCUT2D eigenvalue weighted by Crippen LogP contribution is -2.00. The van der Waals surface area contributed by atoms with Crippen molar-refractivity contribution in [1.29, 1.82) is 0 Å². The highest BCUT2D eigenvalue weighted by Crippen LogP contribution is 2.38. The minimum absolute atomic E-state index is 0.937. The van der Waals surface area contributed by atoms with Gasteiger partial charge in [-0.05, 0) is 63.1 Å². The van der Waals surface area contributed by atoms with Crippen molar-refractivity contribution in [3.8, 4) is 28.2 Å². The Morgan fingerprint density at radius 3 is 1.71 bits per heavy atom. The van der Waals surface area contributed by atoms with Gasteiger partial charge in [-0.25, -0.2) is 4.98 Å². The third-order valence-corrected chi connectivity index (χ3v) is 7.58. The Balaban J connectivity index is 1.60. The molecule has 0 fully saturated rings. The maximum atomic E-state index is 5.12. The summed E-state index contributed by atoms with van der Waals surface area (Å²) in [5.74, 6) is 0. The van der Waals surface area contributed by atoms with Gasteiger partial charge in [0.25, 0.3) is 0 Å². The summed E-state index contributed by atoms with van der Waals surface area (Å²) < 4.78 is 4.71. The molecule has 7 aromatic rings. The predicted octanol–water partition coefficient (Wildman–Crippen LogP) is 9.00. The zero-order chi connectivity index (χ0) is 26.0. The number of fused-ring (bicyclic) bond motifs is 4. The molecule has 0 aliphatic carbocycles. The van der Waals surface area contributed by atoms with E-state index in [9.17, 15) is 0 Å². The summed E-state index contributed by atoms with van der Waals surface area (Å²) in [6, 6.07) is 34.7. The Morgan fingerprint density at radius 1 is 0.579 bits per heavy atom. The van der Waals surface area contributed by atoms with Gasteiger partial charge in [-0.1, -0.05) is 83.9 Å². The molecule has 0 bridgehead atoms. The van der Waals surface area contributed by atoms with Crippen LogP contribution in [0.25, 0.3) is 55.7 Å². The van der Waals surface area contributed by atoms with Crippen molar-refractivity contribution in [2.45, 2.75) is 27.7 Å². The van der Waals surface area contributed by atoms with Crippen LogP contribution in [-0.2, 0) is 0 Å². The standard InChI is InChI=1S/C35H29N3/c1-22-17-24(3)33-29(19-22)30-20-23(2)18-25(4)34(30)38(33)28-15-16-31-36-32(26-11-7-5-8-12-26)35(37(31)21-28)27-13-9-6-10-14-27/h5-21H,1-4H3. The van der Waals surface area contributed by atoms with E-state index in [1.54, 1.807) is 0 Å². The van der Waals surface area contributed by atoms with Gasteiger partial charge in [0.15, 0.2) is 0 Å². The zero-order valence-corrected chi connectivity index (χ0v) is 22.2. The number of hydrogen-bond acceptors (Lipinski definition) is 1. The SMILES string of the molecule is Cc1cc(C)c2c(c1)c1cc(C)cc(C)c1n2-c1ccc2nc(-c3ccccc3)c(-c3ccccc3)n2c1. The number of aryl methyl sites for hydroxylation is 4. The van der Waals surface area contributed by atoms with Crippen LogP contribution in [0.3, 0.4) is 0 Å². The maximum absolute atomic E-state index is 5.12. The Hall–Kier alpha value is -4.63. The van der Waals surface area contributed by atoms with Crippen LogP contribution < -0.4 is 0 Å². The van der Waals surface area contributed by atoms with Crippen molar-refractivity contribution in [3.63, 3.8) is 0 Å². The van der Waals surface area contributed by atoms with E-state index in [0.717, 1.165) is 33.8 Å². The first-order chi connectivity index (χ1) is 18.5. The first-order valence-electron chi connectivity index (χ1n) is 13.2. The van der Waals surface area contributed by atoms with Crippen LogP contribution >= 0.6 is 0 Å². The van der Waals surface area contributed by atoms with E-state index in [0.29, 0.717) is 0 Å². The third kappa shape index (κ3) is 3.39. The molecule has 3 aromatic heterocycles. The number of aromatic nitrogens is 3. The van der Waals surface area contributed by atoms with E-state index in [4.69, 9.17) is 4.98 Å². The van der Waals surface area contributed by atoms with Gasteiger partial charge in [0.1, 0.15) is 5.65 Å². The first-order valence-corrected chi connectivity index (χ1v) is 13.2. The van der Waals surface area contributed by atoms with Crippen LogP contribution in [0.15, 0.2) is 103 Å². The van der Waals surface area contributed by atoms with E-state index < -0.39 is 0 Å². The van der Waals surface area contributed by atoms with Crippen molar-refractivity contribution < 1.29 is 0 Å². The lowest BCUT2D eigenvalue weighted by atomic mass is 10.0. The summed E-state index contributed by atoms with van der Waals surface area (Å²) >= 11 is 0. The lowest BCUT2D eigenvalue weighted by molar-refractivity contribution is 1.09. The van der Waals surface area contributed by atoms with Crippen LogP contribution in [0.2, 0.25) is 0 Å². The van der Waals surface area contributed by atoms with Crippen LogP contribution in [-0.4, -0.2) is 14.0 Å². The second kappa shape index (κ2) is 8.46. The van der Waals surface area contributed by atoms with Gasteiger partial charge in [0.2, 0.25) is 0 Å². The molecule has 0 spiro atoms. The highest BCUT2D eigenvalue weighted by atomic mass is 15.1. The van der Waals surface area contributed by atoms with E-state index >= 15 is 0 Å². The fourth-order valence-electron chi connectivity index (χ4n) is 6.13. The average molecular weight is 492 g/mol.